The number of amides is 1. The summed E-state index contributed by atoms with van der Waals surface area (Å²) in [4.78, 5) is 17.1. The molecule has 2 nitrogen and oxygen atoms in total. The zero-order chi connectivity index (χ0) is 12.7. The average molecular weight is 328 g/mol. The molecule has 3 rings (SSSR count). The van der Waals surface area contributed by atoms with Crippen molar-refractivity contribution >= 4 is 33.2 Å². The molecule has 0 saturated carbocycles. The first-order chi connectivity index (χ1) is 8.70. The maximum absolute atomic E-state index is 12.6. The second kappa shape index (κ2) is 4.97. The van der Waals surface area contributed by atoms with Crippen molar-refractivity contribution < 1.29 is 4.79 Å². The summed E-state index contributed by atoms with van der Waals surface area (Å²) in [5.74, 6) is 0.864. The van der Waals surface area contributed by atoms with Gasteiger partial charge in [-0.25, -0.2) is 0 Å². The highest BCUT2D eigenvalue weighted by Crippen LogP contribution is 2.33. The van der Waals surface area contributed by atoms with Crippen LogP contribution in [0.15, 0.2) is 6.07 Å². The normalized spacial score (nSPS) is 26.7. The first-order valence-corrected chi connectivity index (χ1v) is 8.63. The topological polar surface area (TPSA) is 20.3 Å². The Balaban J connectivity index is 1.81. The van der Waals surface area contributed by atoms with E-state index in [1.165, 1.54) is 23.3 Å². The molecule has 0 N–H and O–H groups in total. The second-order valence-electron chi connectivity index (χ2n) is 5.40. The van der Waals surface area contributed by atoms with Crippen molar-refractivity contribution in [1.82, 2.24) is 4.90 Å². The highest BCUT2D eigenvalue weighted by Gasteiger charge is 2.35. The Morgan fingerprint density at radius 2 is 2.39 bits per heavy atom. The molecule has 1 aromatic heterocycles. The minimum Gasteiger partial charge on any atom is -0.334 e. The molecule has 0 bridgehead atoms. The Hall–Kier alpha value is -0.350. The fraction of sp³-hybridized carbons (Fsp3) is 0.643. The van der Waals surface area contributed by atoms with Crippen molar-refractivity contribution in [3.8, 4) is 0 Å². The standard InChI is InChI=1S/C14H18BrNOS/c1-9-5-6-16(11(9)8-15)14(17)13-7-10-3-2-4-12(10)18-13/h7,9,11H,2-6,8H2,1H3. The van der Waals surface area contributed by atoms with Crippen LogP contribution in [-0.2, 0) is 12.8 Å². The average Bonchev–Trinajstić information content (AvgIpc) is 3.00. The van der Waals surface area contributed by atoms with E-state index < -0.39 is 0 Å². The lowest BCUT2D eigenvalue weighted by atomic mass is 10.1. The van der Waals surface area contributed by atoms with E-state index in [-0.39, 0.29) is 5.91 Å². The van der Waals surface area contributed by atoms with E-state index in [2.05, 4.69) is 33.8 Å². The minimum atomic E-state index is 0.253. The van der Waals surface area contributed by atoms with Crippen LogP contribution in [0.5, 0.6) is 0 Å². The van der Waals surface area contributed by atoms with E-state index in [4.69, 9.17) is 0 Å². The molecule has 0 aromatic carbocycles. The van der Waals surface area contributed by atoms with Crippen LogP contribution in [0, 0.1) is 5.92 Å². The smallest absolute Gasteiger partial charge is 0.264 e. The van der Waals surface area contributed by atoms with Gasteiger partial charge in [0, 0.05) is 22.8 Å². The maximum atomic E-state index is 12.6. The molecule has 2 atom stereocenters. The zero-order valence-corrected chi connectivity index (χ0v) is 13.0. The van der Waals surface area contributed by atoms with E-state index in [0.717, 1.165) is 29.6 Å². The van der Waals surface area contributed by atoms with Gasteiger partial charge in [-0.2, -0.15) is 0 Å². The quantitative estimate of drug-likeness (QED) is 0.761. The molecule has 1 aliphatic heterocycles. The zero-order valence-electron chi connectivity index (χ0n) is 10.6. The number of fused-ring (bicyclic) bond motifs is 1. The number of hydrogen-bond acceptors (Lipinski definition) is 2. The number of carbonyl (C=O) groups is 1. The Labute approximate surface area is 120 Å². The summed E-state index contributed by atoms with van der Waals surface area (Å²) >= 11 is 5.28. The molecule has 2 unspecified atom stereocenters. The van der Waals surface area contributed by atoms with Crippen LogP contribution in [0.25, 0.3) is 0 Å². The van der Waals surface area contributed by atoms with Crippen LogP contribution in [0.3, 0.4) is 0 Å². The van der Waals surface area contributed by atoms with Crippen molar-refractivity contribution in [2.45, 2.75) is 38.6 Å². The van der Waals surface area contributed by atoms with Crippen molar-refractivity contribution in [1.29, 1.82) is 0 Å². The number of carbonyl (C=O) groups excluding carboxylic acids is 1. The Morgan fingerprint density at radius 1 is 1.56 bits per heavy atom. The number of rotatable bonds is 2. The molecule has 1 amide bonds. The number of likely N-dealkylation sites (tertiary alicyclic amines) is 1. The lowest BCUT2D eigenvalue weighted by Crippen LogP contribution is -2.38. The van der Waals surface area contributed by atoms with Gasteiger partial charge in [-0.1, -0.05) is 22.9 Å². The fourth-order valence-electron chi connectivity index (χ4n) is 3.07. The Morgan fingerprint density at radius 3 is 3.11 bits per heavy atom. The van der Waals surface area contributed by atoms with Gasteiger partial charge in [-0.05, 0) is 43.2 Å². The lowest BCUT2D eigenvalue weighted by Gasteiger charge is -2.24. The monoisotopic (exact) mass is 327 g/mol. The highest BCUT2D eigenvalue weighted by atomic mass is 79.9. The van der Waals surface area contributed by atoms with Gasteiger partial charge in [-0.15, -0.1) is 11.3 Å². The van der Waals surface area contributed by atoms with Crippen LogP contribution in [0.4, 0.5) is 0 Å². The molecule has 2 aliphatic rings. The summed E-state index contributed by atoms with van der Waals surface area (Å²) < 4.78 is 0. The van der Waals surface area contributed by atoms with Gasteiger partial charge < -0.3 is 4.90 Å². The number of thiophene rings is 1. The summed E-state index contributed by atoms with van der Waals surface area (Å²) in [6.07, 6.45) is 4.73. The van der Waals surface area contributed by atoms with Crippen LogP contribution in [0.1, 0.15) is 39.9 Å². The summed E-state index contributed by atoms with van der Waals surface area (Å²) in [5.41, 5.74) is 1.42. The third kappa shape index (κ3) is 2.03. The highest BCUT2D eigenvalue weighted by molar-refractivity contribution is 9.09. The minimum absolute atomic E-state index is 0.253. The molecule has 1 aromatic rings. The third-order valence-corrected chi connectivity index (χ3v) is 6.15. The van der Waals surface area contributed by atoms with Gasteiger partial charge in [0.1, 0.15) is 0 Å². The van der Waals surface area contributed by atoms with Gasteiger partial charge in [0.15, 0.2) is 0 Å². The number of aryl methyl sites for hydroxylation is 2. The van der Waals surface area contributed by atoms with E-state index >= 15 is 0 Å². The van der Waals surface area contributed by atoms with Gasteiger partial charge >= 0.3 is 0 Å². The van der Waals surface area contributed by atoms with Crippen LogP contribution in [0.2, 0.25) is 0 Å². The van der Waals surface area contributed by atoms with E-state index in [1.807, 2.05) is 0 Å². The van der Waals surface area contributed by atoms with E-state index in [0.29, 0.717) is 12.0 Å². The SMILES string of the molecule is CC1CCN(C(=O)c2cc3c(s2)CCC3)C1CBr. The van der Waals surface area contributed by atoms with Crippen LogP contribution >= 0.6 is 27.3 Å². The fourth-order valence-corrected chi connectivity index (χ4v) is 5.27. The molecule has 1 saturated heterocycles. The molecular formula is C14H18BrNOS. The van der Waals surface area contributed by atoms with Crippen LogP contribution in [-0.4, -0.2) is 28.7 Å². The Bertz CT molecular complexity index is 449. The second-order valence-corrected chi connectivity index (χ2v) is 7.18. The van der Waals surface area contributed by atoms with Gasteiger partial charge in [0.05, 0.1) is 4.88 Å². The summed E-state index contributed by atoms with van der Waals surface area (Å²) in [5, 5.41) is 0.894. The van der Waals surface area contributed by atoms with Crippen molar-refractivity contribution in [3.63, 3.8) is 0 Å². The predicted molar refractivity (Wildman–Crippen MR) is 78.7 cm³/mol. The van der Waals surface area contributed by atoms with Gasteiger partial charge in [0.2, 0.25) is 0 Å². The molecule has 1 aliphatic carbocycles. The number of alkyl halides is 1. The molecule has 0 radical (unpaired) electrons. The van der Waals surface area contributed by atoms with Crippen molar-refractivity contribution in [3.05, 3.63) is 21.4 Å². The van der Waals surface area contributed by atoms with Crippen molar-refractivity contribution in [2.24, 2.45) is 5.92 Å². The number of nitrogens with zero attached hydrogens (tertiary/aromatic N) is 1. The molecular weight excluding hydrogens is 310 g/mol. The molecule has 0 spiro atoms. The molecule has 98 valence electrons. The largest absolute Gasteiger partial charge is 0.334 e. The summed E-state index contributed by atoms with van der Waals surface area (Å²) in [6.45, 7) is 3.16. The molecule has 18 heavy (non-hydrogen) atoms. The Kier molecular flexibility index (Phi) is 3.50. The lowest BCUT2D eigenvalue weighted by molar-refractivity contribution is 0.0743. The van der Waals surface area contributed by atoms with E-state index in [9.17, 15) is 4.79 Å². The summed E-state index contributed by atoms with van der Waals surface area (Å²) in [6, 6.07) is 2.51. The molecule has 4 heteroatoms. The molecule has 2 heterocycles. The van der Waals surface area contributed by atoms with E-state index in [1.54, 1.807) is 11.3 Å². The first kappa shape index (κ1) is 12.7. The summed E-state index contributed by atoms with van der Waals surface area (Å²) in [7, 11) is 0. The molecule has 1 fully saturated rings. The first-order valence-electron chi connectivity index (χ1n) is 6.69. The van der Waals surface area contributed by atoms with Gasteiger partial charge in [-0.3, -0.25) is 4.79 Å². The predicted octanol–water partition coefficient (Wildman–Crippen LogP) is 3.48. The number of hydrogen-bond donors (Lipinski definition) is 0. The third-order valence-electron chi connectivity index (χ3n) is 4.26. The van der Waals surface area contributed by atoms with Crippen LogP contribution < -0.4 is 0 Å². The van der Waals surface area contributed by atoms with Gasteiger partial charge in [0.25, 0.3) is 5.91 Å². The van der Waals surface area contributed by atoms with Crippen molar-refractivity contribution in [2.75, 3.05) is 11.9 Å². The maximum Gasteiger partial charge on any atom is 0.264 e. The number of halogens is 1.